The first-order chi connectivity index (χ1) is 9.02. The van der Waals surface area contributed by atoms with E-state index in [1.807, 2.05) is 0 Å². The van der Waals surface area contributed by atoms with Crippen LogP contribution in [0.25, 0.3) is 0 Å². The number of nitrogens with zero attached hydrogens (tertiary/aromatic N) is 1. The van der Waals surface area contributed by atoms with Crippen LogP contribution < -0.4 is 10.2 Å². The van der Waals surface area contributed by atoms with Crippen molar-refractivity contribution in [3.05, 3.63) is 29.8 Å². The lowest BCUT2D eigenvalue weighted by Crippen LogP contribution is -2.46. The van der Waals surface area contributed by atoms with Crippen molar-refractivity contribution < 1.29 is 0 Å². The van der Waals surface area contributed by atoms with Crippen LogP contribution >= 0.6 is 0 Å². The molecule has 2 heteroatoms. The van der Waals surface area contributed by atoms with E-state index in [9.17, 15) is 0 Å². The fraction of sp³-hybridized carbons (Fsp3) is 0.647. The summed E-state index contributed by atoms with van der Waals surface area (Å²) in [5, 5.41) is 3.74. The molecule has 0 radical (unpaired) electrons. The molecule has 0 aromatic heterocycles. The van der Waals surface area contributed by atoms with Crippen LogP contribution in [0, 0.1) is 5.41 Å². The molecule has 0 aliphatic carbocycles. The number of hydrogen-bond donors (Lipinski definition) is 1. The molecule has 2 nitrogen and oxygen atoms in total. The van der Waals surface area contributed by atoms with Gasteiger partial charge >= 0.3 is 0 Å². The van der Waals surface area contributed by atoms with E-state index in [-0.39, 0.29) is 0 Å². The maximum atomic E-state index is 3.74. The summed E-state index contributed by atoms with van der Waals surface area (Å²) in [4.78, 5) is 2.58. The molecule has 1 aliphatic heterocycles. The Morgan fingerprint density at radius 2 is 2.00 bits per heavy atom. The minimum Gasteiger partial charge on any atom is -0.370 e. The van der Waals surface area contributed by atoms with Gasteiger partial charge in [-0.1, -0.05) is 52.3 Å². The highest BCUT2D eigenvalue weighted by Gasteiger charge is 2.29. The van der Waals surface area contributed by atoms with E-state index in [2.05, 4.69) is 62.2 Å². The average Bonchev–Trinajstić information content (AvgIpc) is 2.55. The summed E-state index contributed by atoms with van der Waals surface area (Å²) in [6.07, 6.45) is 2.53. The molecule has 1 N–H and O–H groups in total. The van der Waals surface area contributed by atoms with E-state index in [1.54, 1.807) is 0 Å². The second-order valence-electron chi connectivity index (χ2n) is 6.73. The number of anilines is 1. The summed E-state index contributed by atoms with van der Waals surface area (Å²) in [6.45, 7) is 12.5. The Morgan fingerprint density at radius 1 is 1.26 bits per heavy atom. The van der Waals surface area contributed by atoms with Gasteiger partial charge in [0.2, 0.25) is 0 Å². The first kappa shape index (κ1) is 14.4. The molecule has 1 aromatic rings. The standard InChI is InChI=1S/C17H28N2/c1-5-6-11-19-13-16(17(2,3)4)18-12-14-9-7-8-10-15(14)19/h7-10,16,18H,5-6,11-13H2,1-4H3. The highest BCUT2D eigenvalue weighted by molar-refractivity contribution is 5.54. The highest BCUT2D eigenvalue weighted by Crippen LogP contribution is 2.29. The molecular formula is C17H28N2. The zero-order valence-electron chi connectivity index (χ0n) is 12.9. The Balaban J connectivity index is 2.24. The summed E-state index contributed by atoms with van der Waals surface area (Å²) in [7, 11) is 0. The molecule has 1 aromatic carbocycles. The van der Waals surface area contributed by atoms with Gasteiger partial charge in [0.25, 0.3) is 0 Å². The molecule has 0 bridgehead atoms. The molecule has 19 heavy (non-hydrogen) atoms. The summed E-state index contributed by atoms with van der Waals surface area (Å²) in [6, 6.07) is 9.38. The number of unbranched alkanes of at least 4 members (excludes halogenated alkanes) is 1. The zero-order valence-corrected chi connectivity index (χ0v) is 12.9. The minimum atomic E-state index is 0.298. The fourth-order valence-corrected chi connectivity index (χ4v) is 2.73. The lowest BCUT2D eigenvalue weighted by molar-refractivity contribution is 0.272. The van der Waals surface area contributed by atoms with E-state index in [1.165, 1.54) is 30.6 Å². The SMILES string of the molecule is CCCCN1CC(C(C)(C)C)NCc2ccccc21. The lowest BCUT2D eigenvalue weighted by Gasteiger charge is -2.35. The number of nitrogens with one attached hydrogen (secondary N) is 1. The molecule has 0 saturated carbocycles. The lowest BCUT2D eigenvalue weighted by atomic mass is 9.86. The van der Waals surface area contributed by atoms with Gasteiger partial charge in [0.05, 0.1) is 0 Å². The normalized spacial score (nSPS) is 20.0. The molecule has 106 valence electrons. The quantitative estimate of drug-likeness (QED) is 0.889. The molecule has 0 spiro atoms. The number of para-hydroxylation sites is 1. The topological polar surface area (TPSA) is 15.3 Å². The van der Waals surface area contributed by atoms with Gasteiger partial charge in [-0.3, -0.25) is 0 Å². The van der Waals surface area contributed by atoms with E-state index in [4.69, 9.17) is 0 Å². The van der Waals surface area contributed by atoms with Gasteiger partial charge in [-0.25, -0.2) is 0 Å². The van der Waals surface area contributed by atoms with Crippen molar-refractivity contribution in [2.45, 2.75) is 53.1 Å². The molecule has 0 amide bonds. The van der Waals surface area contributed by atoms with E-state index in [0.29, 0.717) is 11.5 Å². The van der Waals surface area contributed by atoms with Crippen LogP contribution in [0.5, 0.6) is 0 Å². The van der Waals surface area contributed by atoms with Crippen molar-refractivity contribution in [1.82, 2.24) is 5.32 Å². The van der Waals surface area contributed by atoms with Crippen molar-refractivity contribution in [1.29, 1.82) is 0 Å². The average molecular weight is 260 g/mol. The van der Waals surface area contributed by atoms with Crippen LogP contribution in [0.3, 0.4) is 0 Å². The first-order valence-electron chi connectivity index (χ1n) is 7.58. The molecule has 1 unspecified atom stereocenters. The number of hydrogen-bond acceptors (Lipinski definition) is 2. The van der Waals surface area contributed by atoms with Gasteiger partial charge in [-0.2, -0.15) is 0 Å². The second-order valence-corrected chi connectivity index (χ2v) is 6.73. The van der Waals surface area contributed by atoms with Crippen LogP contribution in [0.15, 0.2) is 24.3 Å². The third-order valence-electron chi connectivity index (χ3n) is 4.10. The Labute approximate surface area is 118 Å². The van der Waals surface area contributed by atoms with Crippen LogP contribution in [0.1, 0.15) is 46.1 Å². The summed E-state index contributed by atoms with van der Waals surface area (Å²) >= 11 is 0. The van der Waals surface area contributed by atoms with Gasteiger partial charge in [0.15, 0.2) is 0 Å². The van der Waals surface area contributed by atoms with Crippen molar-refractivity contribution in [2.75, 3.05) is 18.0 Å². The Hall–Kier alpha value is -1.02. The minimum absolute atomic E-state index is 0.298. The molecule has 0 saturated heterocycles. The van der Waals surface area contributed by atoms with E-state index < -0.39 is 0 Å². The molecule has 1 atom stereocenters. The van der Waals surface area contributed by atoms with Crippen LogP contribution in [-0.2, 0) is 6.54 Å². The van der Waals surface area contributed by atoms with E-state index in [0.717, 1.165) is 13.1 Å². The third-order valence-corrected chi connectivity index (χ3v) is 4.10. The van der Waals surface area contributed by atoms with Gasteiger partial charge in [-0.15, -0.1) is 0 Å². The van der Waals surface area contributed by atoms with Crippen molar-refractivity contribution in [2.24, 2.45) is 5.41 Å². The van der Waals surface area contributed by atoms with Gasteiger partial charge < -0.3 is 10.2 Å². The van der Waals surface area contributed by atoms with Gasteiger partial charge in [-0.05, 0) is 23.5 Å². The number of benzene rings is 1. The molecule has 2 rings (SSSR count). The summed E-state index contributed by atoms with van der Waals surface area (Å²) in [5.41, 5.74) is 3.16. The Bertz CT molecular complexity index is 406. The maximum Gasteiger partial charge on any atom is 0.0412 e. The zero-order chi connectivity index (χ0) is 13.9. The largest absolute Gasteiger partial charge is 0.370 e. The second kappa shape index (κ2) is 5.96. The predicted molar refractivity (Wildman–Crippen MR) is 83.6 cm³/mol. The third kappa shape index (κ3) is 3.50. The highest BCUT2D eigenvalue weighted by atomic mass is 15.2. The van der Waals surface area contributed by atoms with Crippen molar-refractivity contribution in [3.63, 3.8) is 0 Å². The van der Waals surface area contributed by atoms with Gasteiger partial charge in [0.1, 0.15) is 0 Å². The molecule has 1 aliphatic rings. The Morgan fingerprint density at radius 3 is 2.68 bits per heavy atom. The molecule has 0 fully saturated rings. The summed E-state index contributed by atoms with van der Waals surface area (Å²) < 4.78 is 0. The van der Waals surface area contributed by atoms with Crippen LogP contribution in [-0.4, -0.2) is 19.1 Å². The van der Waals surface area contributed by atoms with Crippen LogP contribution in [0.4, 0.5) is 5.69 Å². The summed E-state index contributed by atoms with van der Waals surface area (Å²) in [5.74, 6) is 0. The van der Waals surface area contributed by atoms with Crippen molar-refractivity contribution in [3.8, 4) is 0 Å². The van der Waals surface area contributed by atoms with Gasteiger partial charge in [0, 0.05) is 31.4 Å². The smallest absolute Gasteiger partial charge is 0.0412 e. The molecule has 1 heterocycles. The number of fused-ring (bicyclic) bond motifs is 1. The predicted octanol–water partition coefficient (Wildman–Crippen LogP) is 3.81. The fourth-order valence-electron chi connectivity index (χ4n) is 2.73. The van der Waals surface area contributed by atoms with Crippen LogP contribution in [0.2, 0.25) is 0 Å². The maximum absolute atomic E-state index is 3.74. The first-order valence-corrected chi connectivity index (χ1v) is 7.58. The van der Waals surface area contributed by atoms with Crippen molar-refractivity contribution >= 4 is 5.69 Å². The monoisotopic (exact) mass is 260 g/mol. The number of rotatable bonds is 3. The van der Waals surface area contributed by atoms with E-state index >= 15 is 0 Å². The Kier molecular flexibility index (Phi) is 4.51. The molecular weight excluding hydrogens is 232 g/mol.